The van der Waals surface area contributed by atoms with Gasteiger partial charge in [0.25, 0.3) is 0 Å². The molecule has 0 aromatic carbocycles. The van der Waals surface area contributed by atoms with Gasteiger partial charge in [-0.1, -0.05) is 0 Å². The number of hydrogen-bond donors (Lipinski definition) is 1. The van der Waals surface area contributed by atoms with Crippen molar-refractivity contribution >= 4 is 0 Å². The molecular formula is C13H22N2. The Morgan fingerprint density at radius 1 is 1.40 bits per heavy atom. The first kappa shape index (κ1) is 10.7. The molecule has 1 fully saturated rings. The molecule has 0 aliphatic heterocycles. The fourth-order valence-electron chi connectivity index (χ4n) is 2.41. The van der Waals surface area contributed by atoms with E-state index in [9.17, 15) is 0 Å². The Kier molecular flexibility index (Phi) is 2.42. The van der Waals surface area contributed by atoms with Crippen LogP contribution in [0.2, 0.25) is 0 Å². The Hall–Kier alpha value is -0.760. The van der Waals surface area contributed by atoms with Gasteiger partial charge in [-0.3, -0.25) is 0 Å². The standard InChI is InChI=1S/C13H22N2/c1-9-7-11(8-13(3,4)14)10(2)15(9)12-5-6-12/h7,12H,5-6,8,14H2,1-4H3. The van der Waals surface area contributed by atoms with E-state index in [0.29, 0.717) is 0 Å². The number of aromatic nitrogens is 1. The van der Waals surface area contributed by atoms with E-state index in [2.05, 4.69) is 38.3 Å². The van der Waals surface area contributed by atoms with Crippen LogP contribution in [0.1, 0.15) is 49.7 Å². The van der Waals surface area contributed by atoms with E-state index in [-0.39, 0.29) is 5.54 Å². The summed E-state index contributed by atoms with van der Waals surface area (Å²) in [6.45, 7) is 8.62. The molecule has 0 spiro atoms. The molecular weight excluding hydrogens is 184 g/mol. The van der Waals surface area contributed by atoms with E-state index in [1.54, 1.807) is 0 Å². The fraction of sp³-hybridized carbons (Fsp3) is 0.692. The van der Waals surface area contributed by atoms with E-state index in [1.165, 1.54) is 29.8 Å². The molecule has 2 nitrogen and oxygen atoms in total. The second-order valence-corrected chi connectivity index (χ2v) is 5.66. The van der Waals surface area contributed by atoms with Gasteiger partial charge in [-0.05, 0) is 58.6 Å². The number of nitrogens with zero attached hydrogens (tertiary/aromatic N) is 1. The third kappa shape index (κ3) is 2.25. The minimum absolute atomic E-state index is 0.104. The molecule has 1 aliphatic carbocycles. The van der Waals surface area contributed by atoms with Crippen LogP contribution in [-0.4, -0.2) is 10.1 Å². The summed E-state index contributed by atoms with van der Waals surface area (Å²) in [7, 11) is 0. The average Bonchev–Trinajstić information content (AvgIpc) is 2.81. The van der Waals surface area contributed by atoms with Gasteiger partial charge in [-0.2, -0.15) is 0 Å². The summed E-state index contributed by atoms with van der Waals surface area (Å²) in [6.07, 6.45) is 3.67. The molecule has 84 valence electrons. The molecule has 1 aliphatic rings. The van der Waals surface area contributed by atoms with Gasteiger partial charge in [0.05, 0.1) is 0 Å². The summed E-state index contributed by atoms with van der Waals surface area (Å²) in [5.41, 5.74) is 10.2. The van der Waals surface area contributed by atoms with Gasteiger partial charge in [0.15, 0.2) is 0 Å². The fourth-order valence-corrected chi connectivity index (χ4v) is 2.41. The van der Waals surface area contributed by atoms with E-state index in [1.807, 2.05) is 0 Å². The van der Waals surface area contributed by atoms with Crippen molar-refractivity contribution in [2.24, 2.45) is 5.73 Å². The predicted octanol–water partition coefficient (Wildman–Crippen LogP) is 2.72. The lowest BCUT2D eigenvalue weighted by Crippen LogP contribution is -2.34. The van der Waals surface area contributed by atoms with Crippen LogP contribution in [0.5, 0.6) is 0 Å². The van der Waals surface area contributed by atoms with Crippen molar-refractivity contribution in [1.82, 2.24) is 4.57 Å². The zero-order chi connectivity index (χ0) is 11.2. The third-order valence-corrected chi connectivity index (χ3v) is 3.15. The van der Waals surface area contributed by atoms with Crippen LogP contribution in [0.15, 0.2) is 6.07 Å². The van der Waals surface area contributed by atoms with Crippen molar-refractivity contribution in [2.45, 2.75) is 58.5 Å². The first-order valence-electron chi connectivity index (χ1n) is 5.85. The highest BCUT2D eigenvalue weighted by Crippen LogP contribution is 2.38. The van der Waals surface area contributed by atoms with Gasteiger partial charge in [0, 0.05) is 23.0 Å². The highest BCUT2D eigenvalue weighted by Gasteiger charge is 2.27. The first-order valence-corrected chi connectivity index (χ1v) is 5.85. The lowest BCUT2D eigenvalue weighted by molar-refractivity contribution is 0.514. The van der Waals surface area contributed by atoms with Gasteiger partial charge in [-0.15, -0.1) is 0 Å². The zero-order valence-corrected chi connectivity index (χ0v) is 10.3. The number of rotatable bonds is 3. The Balaban J connectivity index is 2.29. The predicted molar refractivity (Wildman–Crippen MR) is 64.1 cm³/mol. The van der Waals surface area contributed by atoms with Crippen molar-refractivity contribution in [1.29, 1.82) is 0 Å². The molecule has 0 amide bonds. The Labute approximate surface area is 92.5 Å². The maximum absolute atomic E-state index is 6.08. The van der Waals surface area contributed by atoms with Gasteiger partial charge in [0.2, 0.25) is 0 Å². The van der Waals surface area contributed by atoms with Gasteiger partial charge >= 0.3 is 0 Å². The van der Waals surface area contributed by atoms with Crippen LogP contribution in [-0.2, 0) is 6.42 Å². The monoisotopic (exact) mass is 206 g/mol. The topological polar surface area (TPSA) is 30.9 Å². The van der Waals surface area contributed by atoms with Gasteiger partial charge in [-0.25, -0.2) is 0 Å². The van der Waals surface area contributed by atoms with E-state index >= 15 is 0 Å². The summed E-state index contributed by atoms with van der Waals surface area (Å²) < 4.78 is 2.49. The minimum atomic E-state index is -0.104. The Morgan fingerprint density at radius 3 is 2.47 bits per heavy atom. The Morgan fingerprint density at radius 2 is 2.00 bits per heavy atom. The molecule has 1 saturated carbocycles. The van der Waals surface area contributed by atoms with Gasteiger partial charge in [0.1, 0.15) is 0 Å². The lowest BCUT2D eigenvalue weighted by atomic mass is 9.96. The van der Waals surface area contributed by atoms with E-state index < -0.39 is 0 Å². The van der Waals surface area contributed by atoms with Crippen molar-refractivity contribution in [2.75, 3.05) is 0 Å². The Bertz CT molecular complexity index is 365. The van der Waals surface area contributed by atoms with Crippen LogP contribution in [0.4, 0.5) is 0 Å². The second kappa shape index (κ2) is 3.38. The molecule has 15 heavy (non-hydrogen) atoms. The first-order chi connectivity index (χ1) is 6.88. The second-order valence-electron chi connectivity index (χ2n) is 5.66. The average molecular weight is 206 g/mol. The quantitative estimate of drug-likeness (QED) is 0.810. The molecule has 0 unspecified atom stereocenters. The number of hydrogen-bond acceptors (Lipinski definition) is 1. The van der Waals surface area contributed by atoms with Crippen LogP contribution < -0.4 is 5.73 Å². The summed E-state index contributed by atoms with van der Waals surface area (Å²) in [6, 6.07) is 3.09. The molecule has 2 rings (SSSR count). The van der Waals surface area contributed by atoms with Crippen LogP contribution in [0.25, 0.3) is 0 Å². The molecule has 1 heterocycles. The molecule has 1 aromatic heterocycles. The van der Waals surface area contributed by atoms with Crippen molar-refractivity contribution in [3.05, 3.63) is 23.0 Å². The summed E-state index contributed by atoms with van der Waals surface area (Å²) in [5, 5.41) is 0. The molecule has 0 atom stereocenters. The van der Waals surface area contributed by atoms with Crippen molar-refractivity contribution in [3.8, 4) is 0 Å². The smallest absolute Gasteiger partial charge is 0.0337 e. The van der Waals surface area contributed by atoms with Crippen LogP contribution in [0, 0.1) is 13.8 Å². The largest absolute Gasteiger partial charge is 0.346 e. The summed E-state index contributed by atoms with van der Waals surface area (Å²) >= 11 is 0. The molecule has 2 heteroatoms. The summed E-state index contributed by atoms with van der Waals surface area (Å²) in [4.78, 5) is 0. The molecule has 0 radical (unpaired) electrons. The summed E-state index contributed by atoms with van der Waals surface area (Å²) in [5.74, 6) is 0. The SMILES string of the molecule is Cc1cc(CC(C)(C)N)c(C)n1C1CC1. The normalized spacial score (nSPS) is 17.1. The maximum Gasteiger partial charge on any atom is 0.0337 e. The minimum Gasteiger partial charge on any atom is -0.346 e. The lowest BCUT2D eigenvalue weighted by Gasteiger charge is -2.18. The van der Waals surface area contributed by atoms with Crippen molar-refractivity contribution in [3.63, 3.8) is 0 Å². The van der Waals surface area contributed by atoms with Crippen LogP contribution >= 0.6 is 0 Å². The maximum atomic E-state index is 6.08. The highest BCUT2D eigenvalue weighted by atomic mass is 15.1. The number of aryl methyl sites for hydroxylation is 1. The highest BCUT2D eigenvalue weighted by molar-refractivity contribution is 5.29. The zero-order valence-electron chi connectivity index (χ0n) is 10.3. The van der Waals surface area contributed by atoms with Gasteiger partial charge < -0.3 is 10.3 Å². The van der Waals surface area contributed by atoms with E-state index in [0.717, 1.165) is 12.5 Å². The molecule has 0 bridgehead atoms. The van der Waals surface area contributed by atoms with Crippen molar-refractivity contribution < 1.29 is 0 Å². The van der Waals surface area contributed by atoms with Crippen LogP contribution in [0.3, 0.4) is 0 Å². The molecule has 1 aromatic rings. The van der Waals surface area contributed by atoms with E-state index in [4.69, 9.17) is 5.73 Å². The molecule has 2 N–H and O–H groups in total. The molecule has 0 saturated heterocycles. The third-order valence-electron chi connectivity index (χ3n) is 3.15. The number of nitrogens with two attached hydrogens (primary N) is 1.